The maximum atomic E-state index is 13.9. The van der Waals surface area contributed by atoms with Crippen LogP contribution in [-0.4, -0.2) is 34.3 Å². The number of hydrogen-bond acceptors (Lipinski definition) is 6. The van der Waals surface area contributed by atoms with Gasteiger partial charge >= 0.3 is 0 Å². The van der Waals surface area contributed by atoms with Gasteiger partial charge in [0.25, 0.3) is 0 Å². The minimum Gasteiger partial charge on any atom is -0.382 e. The SMILES string of the molecule is CCN(N)/N=C(\N)c1ccc(C(C(=O)Nc2ncc(Cl)s2)C2CCC(F)(F)C2)cc1. The smallest absolute Gasteiger partial charge is 0.248 e. The van der Waals surface area contributed by atoms with Crippen LogP contribution in [0.3, 0.4) is 0 Å². The van der Waals surface area contributed by atoms with E-state index in [2.05, 4.69) is 15.4 Å². The zero-order valence-electron chi connectivity index (χ0n) is 16.3. The highest BCUT2D eigenvalue weighted by molar-refractivity contribution is 7.19. The van der Waals surface area contributed by atoms with E-state index < -0.39 is 23.7 Å². The van der Waals surface area contributed by atoms with Crippen LogP contribution >= 0.6 is 22.9 Å². The molecule has 0 spiro atoms. The zero-order chi connectivity index (χ0) is 21.9. The monoisotopic (exact) mass is 456 g/mol. The summed E-state index contributed by atoms with van der Waals surface area (Å²) in [6.45, 7) is 2.31. The summed E-state index contributed by atoms with van der Waals surface area (Å²) in [7, 11) is 0. The number of thiazole rings is 1. The fourth-order valence-corrected chi connectivity index (χ4v) is 4.35. The van der Waals surface area contributed by atoms with E-state index in [4.69, 9.17) is 23.2 Å². The van der Waals surface area contributed by atoms with Crippen molar-refractivity contribution in [3.05, 3.63) is 45.9 Å². The molecular weight excluding hydrogens is 434 g/mol. The number of nitrogens with one attached hydrogen (secondary N) is 1. The number of nitrogens with zero attached hydrogens (tertiary/aromatic N) is 3. The van der Waals surface area contributed by atoms with Crippen LogP contribution in [0, 0.1) is 5.92 Å². The molecule has 0 radical (unpaired) electrons. The Morgan fingerprint density at radius 1 is 1.47 bits per heavy atom. The summed E-state index contributed by atoms with van der Waals surface area (Å²) in [6, 6.07) is 6.82. The van der Waals surface area contributed by atoms with E-state index in [1.165, 1.54) is 11.3 Å². The molecule has 0 bridgehead atoms. The van der Waals surface area contributed by atoms with Crippen molar-refractivity contribution in [2.45, 2.75) is 38.0 Å². The van der Waals surface area contributed by atoms with Crippen LogP contribution in [0.2, 0.25) is 4.34 Å². The number of hydrogen-bond donors (Lipinski definition) is 3. The number of carbonyl (C=O) groups excluding carboxylic acids is 1. The lowest BCUT2D eigenvalue weighted by Crippen LogP contribution is -2.29. The third kappa shape index (κ3) is 5.44. The molecule has 1 aliphatic rings. The van der Waals surface area contributed by atoms with E-state index in [1.807, 2.05) is 6.92 Å². The number of aromatic nitrogens is 1. The molecule has 1 amide bonds. The number of anilines is 1. The van der Waals surface area contributed by atoms with Gasteiger partial charge in [0.05, 0.1) is 18.7 Å². The Balaban J connectivity index is 1.86. The van der Waals surface area contributed by atoms with Gasteiger partial charge in [0.15, 0.2) is 11.0 Å². The summed E-state index contributed by atoms with van der Waals surface area (Å²) in [4.78, 5) is 17.0. The van der Waals surface area contributed by atoms with E-state index >= 15 is 0 Å². The number of hydrazone groups is 1. The average Bonchev–Trinajstić information content (AvgIpc) is 3.26. The average molecular weight is 457 g/mol. The number of benzene rings is 1. The van der Waals surface area contributed by atoms with E-state index in [0.29, 0.717) is 27.1 Å². The Morgan fingerprint density at radius 3 is 2.70 bits per heavy atom. The standard InChI is InChI=1S/C19H23ClF2N6OS/c1-2-28(24)27-16(23)12-5-3-11(4-6-12)15(13-7-8-19(21,22)9-13)17(29)26-18-25-10-14(20)30-18/h3-6,10,13,15H,2,7-9,24H2,1H3,(H2,23,27)(H,25,26,29). The molecule has 2 unspecified atom stereocenters. The van der Waals surface area contributed by atoms with Crippen LogP contribution in [0.1, 0.15) is 43.2 Å². The van der Waals surface area contributed by atoms with Crippen LogP contribution in [0.4, 0.5) is 13.9 Å². The molecule has 7 nitrogen and oxygen atoms in total. The van der Waals surface area contributed by atoms with Gasteiger partial charge in [-0.05, 0) is 24.8 Å². The van der Waals surface area contributed by atoms with Crippen molar-refractivity contribution in [2.75, 3.05) is 11.9 Å². The van der Waals surface area contributed by atoms with Crippen LogP contribution in [-0.2, 0) is 4.79 Å². The van der Waals surface area contributed by atoms with Gasteiger partial charge in [0.2, 0.25) is 11.8 Å². The van der Waals surface area contributed by atoms with Crippen LogP contribution < -0.4 is 16.9 Å². The molecule has 5 N–H and O–H groups in total. The van der Waals surface area contributed by atoms with Crippen molar-refractivity contribution < 1.29 is 13.6 Å². The number of carbonyl (C=O) groups is 1. The molecule has 30 heavy (non-hydrogen) atoms. The molecule has 3 rings (SSSR count). The molecule has 0 saturated heterocycles. The van der Waals surface area contributed by atoms with Gasteiger partial charge in [-0.15, -0.1) is 5.10 Å². The van der Waals surface area contributed by atoms with Gasteiger partial charge in [-0.2, -0.15) is 0 Å². The number of amides is 1. The van der Waals surface area contributed by atoms with Crippen molar-refractivity contribution in [1.82, 2.24) is 10.1 Å². The summed E-state index contributed by atoms with van der Waals surface area (Å²) < 4.78 is 28.2. The van der Waals surface area contributed by atoms with Crippen molar-refractivity contribution >= 4 is 39.8 Å². The molecule has 162 valence electrons. The number of amidine groups is 1. The lowest BCUT2D eigenvalue weighted by Gasteiger charge is -2.23. The topological polar surface area (TPSA) is 110 Å². The Bertz CT molecular complexity index is 920. The number of rotatable bonds is 7. The summed E-state index contributed by atoms with van der Waals surface area (Å²) in [6.07, 6.45) is 1.11. The number of nitrogens with two attached hydrogens (primary N) is 2. The Kier molecular flexibility index (Phi) is 6.89. The normalized spacial score (nSPS) is 19.5. The lowest BCUT2D eigenvalue weighted by atomic mass is 9.83. The van der Waals surface area contributed by atoms with E-state index in [9.17, 15) is 13.6 Å². The third-order valence-electron chi connectivity index (χ3n) is 5.03. The lowest BCUT2D eigenvalue weighted by molar-refractivity contribution is -0.118. The first-order valence-electron chi connectivity index (χ1n) is 9.45. The Morgan fingerprint density at radius 2 is 2.17 bits per heavy atom. The molecular formula is C19H23ClF2N6OS. The fourth-order valence-electron chi connectivity index (χ4n) is 3.53. The third-order valence-corrected chi connectivity index (χ3v) is 6.06. The van der Waals surface area contributed by atoms with Crippen LogP contribution in [0.5, 0.6) is 0 Å². The Hall–Kier alpha value is -2.30. The first kappa shape index (κ1) is 22.4. The van der Waals surface area contributed by atoms with Crippen molar-refractivity contribution in [3.63, 3.8) is 0 Å². The van der Waals surface area contributed by atoms with Crippen molar-refractivity contribution in [3.8, 4) is 0 Å². The highest BCUT2D eigenvalue weighted by Gasteiger charge is 2.45. The molecule has 1 aliphatic carbocycles. The molecule has 1 heterocycles. The van der Waals surface area contributed by atoms with Gasteiger partial charge in [-0.25, -0.2) is 24.7 Å². The van der Waals surface area contributed by atoms with Gasteiger partial charge in [-0.3, -0.25) is 4.79 Å². The summed E-state index contributed by atoms with van der Waals surface area (Å²) in [5.41, 5.74) is 7.19. The summed E-state index contributed by atoms with van der Waals surface area (Å²) in [5, 5.41) is 8.28. The van der Waals surface area contributed by atoms with Crippen molar-refractivity contribution in [2.24, 2.45) is 22.6 Å². The second kappa shape index (κ2) is 9.23. The van der Waals surface area contributed by atoms with Crippen molar-refractivity contribution in [1.29, 1.82) is 0 Å². The maximum Gasteiger partial charge on any atom is 0.248 e. The van der Waals surface area contributed by atoms with E-state index in [0.717, 1.165) is 11.3 Å². The van der Waals surface area contributed by atoms with Gasteiger partial charge in [0, 0.05) is 18.4 Å². The van der Waals surface area contributed by atoms with Gasteiger partial charge in [-0.1, -0.05) is 47.2 Å². The van der Waals surface area contributed by atoms with Gasteiger partial charge in [0.1, 0.15) is 4.34 Å². The molecule has 0 aliphatic heterocycles. The molecule has 2 atom stereocenters. The fraction of sp³-hybridized carbons (Fsp3) is 0.421. The minimum atomic E-state index is -2.77. The minimum absolute atomic E-state index is 0.219. The quantitative estimate of drug-likeness (QED) is 0.254. The largest absolute Gasteiger partial charge is 0.382 e. The van der Waals surface area contributed by atoms with Gasteiger partial charge < -0.3 is 11.1 Å². The first-order valence-corrected chi connectivity index (χ1v) is 10.6. The molecule has 1 saturated carbocycles. The molecule has 1 aromatic carbocycles. The number of alkyl halides is 2. The highest BCUT2D eigenvalue weighted by Crippen LogP contribution is 2.46. The summed E-state index contributed by atoms with van der Waals surface area (Å²) >= 11 is 6.98. The molecule has 1 aromatic heterocycles. The second-order valence-electron chi connectivity index (χ2n) is 7.16. The van der Waals surface area contributed by atoms with Crippen LogP contribution in [0.25, 0.3) is 0 Å². The number of halogens is 3. The Labute approximate surface area is 182 Å². The predicted octanol–water partition coefficient (Wildman–Crippen LogP) is 3.77. The molecule has 11 heteroatoms. The molecule has 1 fully saturated rings. The van der Waals surface area contributed by atoms with E-state index in [1.54, 1.807) is 24.3 Å². The second-order valence-corrected chi connectivity index (χ2v) is 8.82. The maximum absolute atomic E-state index is 13.9. The first-order chi connectivity index (χ1) is 14.2. The predicted molar refractivity (Wildman–Crippen MR) is 115 cm³/mol. The highest BCUT2D eigenvalue weighted by atomic mass is 35.5. The summed E-state index contributed by atoms with van der Waals surface area (Å²) in [5.74, 6) is 1.45. The van der Waals surface area contributed by atoms with Crippen LogP contribution in [0.15, 0.2) is 35.6 Å². The van der Waals surface area contributed by atoms with E-state index in [-0.39, 0.29) is 25.1 Å². The molecule has 2 aromatic rings. The zero-order valence-corrected chi connectivity index (χ0v) is 17.9. The number of hydrazine groups is 1.